The van der Waals surface area contributed by atoms with Crippen molar-refractivity contribution in [1.29, 1.82) is 0 Å². The summed E-state index contributed by atoms with van der Waals surface area (Å²) in [5, 5.41) is 0. The molecule has 0 aromatic carbocycles. The van der Waals surface area contributed by atoms with Gasteiger partial charge in [-0.05, 0) is 18.1 Å². The maximum Gasteiger partial charge on any atom is 0.295 e. The summed E-state index contributed by atoms with van der Waals surface area (Å²) in [6.45, 7) is 4.51. The minimum Gasteiger partial charge on any atom is -0.306 e. The van der Waals surface area contributed by atoms with Crippen LogP contribution in [-0.2, 0) is 4.84 Å². The topological polar surface area (TPSA) is 55.6 Å². The SMILES string of the molecule is CC(C)CONC(=O)c1cn2ccccc2n1. The molecular weight excluding hydrogens is 218 g/mol. The number of nitrogens with one attached hydrogen (secondary N) is 1. The number of rotatable bonds is 4. The standard InChI is InChI=1S/C12H15N3O2/c1-9(2)8-17-14-12(16)10-7-15-6-4-3-5-11(15)13-10/h3-7,9H,8H2,1-2H3,(H,14,16). The highest BCUT2D eigenvalue weighted by molar-refractivity contribution is 5.92. The molecule has 0 bridgehead atoms. The molecule has 0 saturated carbocycles. The van der Waals surface area contributed by atoms with E-state index in [9.17, 15) is 4.79 Å². The molecule has 2 rings (SSSR count). The molecule has 2 aromatic rings. The second-order valence-electron chi connectivity index (χ2n) is 4.23. The monoisotopic (exact) mass is 233 g/mol. The van der Waals surface area contributed by atoms with Crippen molar-refractivity contribution in [3.8, 4) is 0 Å². The van der Waals surface area contributed by atoms with Crippen molar-refractivity contribution in [2.45, 2.75) is 13.8 Å². The van der Waals surface area contributed by atoms with Gasteiger partial charge in [-0.15, -0.1) is 0 Å². The van der Waals surface area contributed by atoms with Crippen LogP contribution in [0, 0.1) is 5.92 Å². The number of amides is 1. The number of hydrogen-bond donors (Lipinski definition) is 1. The number of hydroxylamine groups is 1. The molecule has 5 heteroatoms. The van der Waals surface area contributed by atoms with E-state index in [1.165, 1.54) is 0 Å². The van der Waals surface area contributed by atoms with Crippen LogP contribution in [0.25, 0.3) is 5.65 Å². The maximum absolute atomic E-state index is 11.7. The Morgan fingerprint density at radius 2 is 2.35 bits per heavy atom. The summed E-state index contributed by atoms with van der Waals surface area (Å²) in [6.07, 6.45) is 3.51. The van der Waals surface area contributed by atoms with Crippen LogP contribution in [0.1, 0.15) is 24.3 Å². The van der Waals surface area contributed by atoms with Crippen LogP contribution in [0.15, 0.2) is 30.6 Å². The second-order valence-corrected chi connectivity index (χ2v) is 4.23. The first-order valence-electron chi connectivity index (χ1n) is 5.52. The van der Waals surface area contributed by atoms with Gasteiger partial charge in [0.1, 0.15) is 11.3 Å². The van der Waals surface area contributed by atoms with Crippen LogP contribution in [0.2, 0.25) is 0 Å². The molecule has 0 aliphatic carbocycles. The predicted octanol–water partition coefficient (Wildman–Crippen LogP) is 1.65. The molecule has 0 saturated heterocycles. The van der Waals surface area contributed by atoms with Crippen LogP contribution in [0.3, 0.4) is 0 Å². The van der Waals surface area contributed by atoms with E-state index in [4.69, 9.17) is 4.84 Å². The summed E-state index contributed by atoms with van der Waals surface area (Å²) in [4.78, 5) is 20.9. The molecular formula is C12H15N3O2. The third-order valence-electron chi connectivity index (χ3n) is 2.18. The van der Waals surface area contributed by atoms with E-state index >= 15 is 0 Å². The molecule has 0 spiro atoms. The van der Waals surface area contributed by atoms with Crippen molar-refractivity contribution in [2.24, 2.45) is 5.92 Å². The molecule has 0 aliphatic heterocycles. The lowest BCUT2D eigenvalue weighted by Crippen LogP contribution is -2.25. The van der Waals surface area contributed by atoms with E-state index in [1.54, 1.807) is 10.6 Å². The summed E-state index contributed by atoms with van der Waals surface area (Å²) < 4.78 is 1.79. The Labute approximate surface area is 99.4 Å². The van der Waals surface area contributed by atoms with Gasteiger partial charge in [-0.2, -0.15) is 0 Å². The Hall–Kier alpha value is -1.88. The van der Waals surface area contributed by atoms with Crippen molar-refractivity contribution in [1.82, 2.24) is 14.9 Å². The number of fused-ring (bicyclic) bond motifs is 1. The molecule has 1 amide bonds. The van der Waals surface area contributed by atoms with E-state index in [-0.39, 0.29) is 5.91 Å². The highest BCUT2D eigenvalue weighted by Gasteiger charge is 2.10. The van der Waals surface area contributed by atoms with Crippen molar-refractivity contribution < 1.29 is 9.63 Å². The summed E-state index contributed by atoms with van der Waals surface area (Å²) in [7, 11) is 0. The Morgan fingerprint density at radius 3 is 3.06 bits per heavy atom. The minimum atomic E-state index is -0.325. The average Bonchev–Trinajstić information content (AvgIpc) is 2.71. The van der Waals surface area contributed by atoms with Crippen molar-refractivity contribution >= 4 is 11.6 Å². The summed E-state index contributed by atoms with van der Waals surface area (Å²) in [5.74, 6) is 0.0470. The van der Waals surface area contributed by atoms with Crippen LogP contribution < -0.4 is 5.48 Å². The fraction of sp³-hybridized carbons (Fsp3) is 0.333. The summed E-state index contributed by atoms with van der Waals surface area (Å²) >= 11 is 0. The quantitative estimate of drug-likeness (QED) is 0.817. The molecule has 2 aromatic heterocycles. The van der Waals surface area contributed by atoms with E-state index < -0.39 is 0 Å². The minimum absolute atomic E-state index is 0.325. The van der Waals surface area contributed by atoms with E-state index in [0.717, 1.165) is 5.65 Å². The lowest BCUT2D eigenvalue weighted by molar-refractivity contribution is 0.0205. The number of imidazole rings is 1. The zero-order valence-corrected chi connectivity index (χ0v) is 9.88. The van der Waals surface area contributed by atoms with Gasteiger partial charge in [-0.1, -0.05) is 19.9 Å². The number of nitrogens with zero attached hydrogens (tertiary/aromatic N) is 2. The van der Waals surface area contributed by atoms with E-state index in [0.29, 0.717) is 18.2 Å². The molecule has 2 heterocycles. The zero-order chi connectivity index (χ0) is 12.3. The Kier molecular flexibility index (Phi) is 3.39. The third kappa shape index (κ3) is 2.82. The lowest BCUT2D eigenvalue weighted by Gasteiger charge is -2.05. The van der Waals surface area contributed by atoms with Gasteiger partial charge in [0, 0.05) is 12.4 Å². The smallest absolute Gasteiger partial charge is 0.295 e. The molecule has 5 nitrogen and oxygen atoms in total. The Morgan fingerprint density at radius 1 is 1.53 bits per heavy atom. The van der Waals surface area contributed by atoms with Gasteiger partial charge in [0.2, 0.25) is 0 Å². The first-order chi connectivity index (χ1) is 8.16. The molecule has 90 valence electrons. The zero-order valence-electron chi connectivity index (χ0n) is 9.88. The molecule has 0 fully saturated rings. The number of carbonyl (C=O) groups is 1. The highest BCUT2D eigenvalue weighted by atomic mass is 16.6. The normalized spacial score (nSPS) is 11.0. The largest absolute Gasteiger partial charge is 0.306 e. The van der Waals surface area contributed by atoms with Gasteiger partial charge in [0.05, 0.1) is 6.61 Å². The first kappa shape index (κ1) is 11.6. The Balaban J connectivity index is 2.04. The van der Waals surface area contributed by atoms with Gasteiger partial charge >= 0.3 is 0 Å². The van der Waals surface area contributed by atoms with Crippen LogP contribution >= 0.6 is 0 Å². The van der Waals surface area contributed by atoms with Gasteiger partial charge in [0.15, 0.2) is 0 Å². The number of carbonyl (C=O) groups excluding carboxylic acids is 1. The first-order valence-corrected chi connectivity index (χ1v) is 5.52. The lowest BCUT2D eigenvalue weighted by atomic mass is 10.2. The van der Waals surface area contributed by atoms with Crippen molar-refractivity contribution in [3.05, 3.63) is 36.3 Å². The fourth-order valence-corrected chi connectivity index (χ4v) is 1.37. The third-order valence-corrected chi connectivity index (χ3v) is 2.18. The van der Waals surface area contributed by atoms with Crippen LogP contribution in [0.4, 0.5) is 0 Å². The fourth-order valence-electron chi connectivity index (χ4n) is 1.37. The number of pyridine rings is 1. The highest BCUT2D eigenvalue weighted by Crippen LogP contribution is 2.04. The second kappa shape index (κ2) is 4.97. The van der Waals surface area contributed by atoms with E-state index in [2.05, 4.69) is 10.5 Å². The van der Waals surface area contributed by atoms with Crippen molar-refractivity contribution in [2.75, 3.05) is 6.61 Å². The summed E-state index contributed by atoms with van der Waals surface area (Å²) in [6, 6.07) is 5.59. The molecule has 1 N–H and O–H groups in total. The Bertz CT molecular complexity index is 486. The predicted molar refractivity (Wildman–Crippen MR) is 63.4 cm³/mol. The average molecular weight is 233 g/mol. The van der Waals surface area contributed by atoms with Crippen molar-refractivity contribution in [3.63, 3.8) is 0 Å². The number of aromatic nitrogens is 2. The van der Waals surface area contributed by atoms with Crippen LogP contribution in [0.5, 0.6) is 0 Å². The molecule has 0 unspecified atom stereocenters. The van der Waals surface area contributed by atoms with Gasteiger partial charge < -0.3 is 4.40 Å². The summed E-state index contributed by atoms with van der Waals surface area (Å²) in [5.41, 5.74) is 3.46. The van der Waals surface area contributed by atoms with Gasteiger partial charge in [-0.25, -0.2) is 10.5 Å². The van der Waals surface area contributed by atoms with Crippen LogP contribution in [-0.4, -0.2) is 21.9 Å². The maximum atomic E-state index is 11.7. The molecule has 0 atom stereocenters. The molecule has 0 aliphatic rings. The van der Waals surface area contributed by atoms with Gasteiger partial charge in [0.25, 0.3) is 5.91 Å². The molecule has 0 radical (unpaired) electrons. The molecule has 17 heavy (non-hydrogen) atoms. The van der Waals surface area contributed by atoms with E-state index in [1.807, 2.05) is 38.2 Å². The van der Waals surface area contributed by atoms with Gasteiger partial charge in [-0.3, -0.25) is 9.63 Å². The number of hydrogen-bond acceptors (Lipinski definition) is 3.